The van der Waals surface area contributed by atoms with E-state index in [1.54, 1.807) is 5.38 Å². The van der Waals surface area contributed by atoms with Gasteiger partial charge in [0.2, 0.25) is 0 Å². The summed E-state index contributed by atoms with van der Waals surface area (Å²) in [6, 6.07) is 5.34. The van der Waals surface area contributed by atoms with Crippen molar-refractivity contribution in [2.75, 3.05) is 13.1 Å². The summed E-state index contributed by atoms with van der Waals surface area (Å²) >= 11 is 1.40. The number of rotatable bonds is 4. The molecule has 26 heavy (non-hydrogen) atoms. The monoisotopic (exact) mass is 384 g/mol. The Hall–Kier alpha value is -2.42. The Labute approximate surface area is 151 Å². The van der Waals surface area contributed by atoms with Gasteiger partial charge < -0.3 is 9.64 Å². The molecule has 138 valence electrons. The van der Waals surface area contributed by atoms with E-state index in [0.29, 0.717) is 37.9 Å². The lowest BCUT2D eigenvalue weighted by molar-refractivity contribution is -0.274. The van der Waals surface area contributed by atoms with Crippen LogP contribution in [0.25, 0.3) is 0 Å². The molecule has 0 N–H and O–H groups in total. The molecule has 5 nitrogen and oxygen atoms in total. The standard InChI is InChI=1S/C17H15F3N2O3S/c18-17(19,20)25-14-4-2-1-3-13(14)16(24)22-7-5-11(6-8-22)15-21-12(9-23)10-26-15/h1-4,9-11H,5-8H2. The smallest absolute Gasteiger partial charge is 0.405 e. The van der Waals surface area contributed by atoms with Crippen LogP contribution >= 0.6 is 11.3 Å². The number of piperidine rings is 1. The number of carbonyl (C=O) groups is 2. The molecule has 0 bridgehead atoms. The maximum atomic E-state index is 12.6. The number of ether oxygens (including phenoxy) is 1. The van der Waals surface area contributed by atoms with Gasteiger partial charge in [0.25, 0.3) is 5.91 Å². The van der Waals surface area contributed by atoms with E-state index in [9.17, 15) is 22.8 Å². The third-order valence-corrected chi connectivity index (χ3v) is 5.16. The minimum atomic E-state index is -4.86. The van der Waals surface area contributed by atoms with Crippen LogP contribution in [0.1, 0.15) is 44.6 Å². The molecular formula is C17H15F3N2O3S. The number of aromatic nitrogens is 1. The molecule has 1 saturated heterocycles. The van der Waals surface area contributed by atoms with E-state index in [1.807, 2.05) is 0 Å². The van der Waals surface area contributed by atoms with E-state index in [0.717, 1.165) is 11.1 Å². The van der Waals surface area contributed by atoms with Gasteiger partial charge in [-0.25, -0.2) is 4.98 Å². The summed E-state index contributed by atoms with van der Waals surface area (Å²) in [5.41, 5.74) is 0.280. The van der Waals surface area contributed by atoms with E-state index in [4.69, 9.17) is 0 Å². The number of halogens is 3. The molecule has 0 unspecified atom stereocenters. The summed E-state index contributed by atoms with van der Waals surface area (Å²) in [6.07, 6.45) is -2.89. The van der Waals surface area contributed by atoms with Crippen LogP contribution in [0.4, 0.5) is 13.2 Å². The maximum Gasteiger partial charge on any atom is 0.573 e. The molecule has 3 rings (SSSR count). The molecule has 0 atom stereocenters. The van der Waals surface area contributed by atoms with Gasteiger partial charge in [0.1, 0.15) is 11.4 Å². The molecule has 1 aromatic carbocycles. The predicted molar refractivity (Wildman–Crippen MR) is 88.5 cm³/mol. The average molecular weight is 384 g/mol. The Balaban J connectivity index is 1.68. The fraction of sp³-hybridized carbons (Fsp3) is 0.353. The van der Waals surface area contributed by atoms with Crippen LogP contribution in [0.2, 0.25) is 0 Å². The lowest BCUT2D eigenvalue weighted by Crippen LogP contribution is -2.38. The Bertz CT molecular complexity index is 799. The highest BCUT2D eigenvalue weighted by Gasteiger charge is 2.34. The third kappa shape index (κ3) is 4.21. The van der Waals surface area contributed by atoms with Crippen molar-refractivity contribution in [2.24, 2.45) is 0 Å². The van der Waals surface area contributed by atoms with Gasteiger partial charge in [-0.1, -0.05) is 12.1 Å². The largest absolute Gasteiger partial charge is 0.573 e. The second-order valence-corrected chi connectivity index (χ2v) is 6.73. The summed E-state index contributed by atoms with van der Waals surface area (Å²) in [5, 5.41) is 2.53. The van der Waals surface area contributed by atoms with E-state index in [1.165, 1.54) is 34.4 Å². The Morgan fingerprint density at radius 3 is 2.58 bits per heavy atom. The molecule has 9 heteroatoms. The minimum Gasteiger partial charge on any atom is -0.405 e. The number of aldehydes is 1. The fourth-order valence-corrected chi connectivity index (χ4v) is 3.84. The Morgan fingerprint density at radius 2 is 1.96 bits per heavy atom. The molecule has 1 aromatic heterocycles. The quantitative estimate of drug-likeness (QED) is 0.751. The highest BCUT2D eigenvalue weighted by atomic mass is 32.1. The molecule has 0 radical (unpaired) electrons. The van der Waals surface area contributed by atoms with Crippen molar-refractivity contribution in [3.8, 4) is 5.75 Å². The summed E-state index contributed by atoms with van der Waals surface area (Å²) in [4.78, 5) is 29.1. The van der Waals surface area contributed by atoms with Gasteiger partial charge in [-0.2, -0.15) is 0 Å². The number of hydrogen-bond donors (Lipinski definition) is 0. The molecular weight excluding hydrogens is 369 g/mol. The lowest BCUT2D eigenvalue weighted by atomic mass is 9.97. The first-order chi connectivity index (χ1) is 12.4. The first-order valence-corrected chi connectivity index (χ1v) is 8.80. The highest BCUT2D eigenvalue weighted by Crippen LogP contribution is 2.32. The fourth-order valence-electron chi connectivity index (χ4n) is 2.90. The molecule has 2 aromatic rings. The summed E-state index contributed by atoms with van der Waals surface area (Å²) in [6.45, 7) is 0.805. The second kappa shape index (κ2) is 7.45. The Morgan fingerprint density at radius 1 is 1.27 bits per heavy atom. The summed E-state index contributed by atoms with van der Waals surface area (Å²) in [7, 11) is 0. The average Bonchev–Trinajstić information content (AvgIpc) is 3.10. The van der Waals surface area contributed by atoms with Crippen LogP contribution < -0.4 is 4.74 Å². The number of carbonyl (C=O) groups excluding carboxylic acids is 2. The molecule has 1 amide bonds. The normalized spacial score (nSPS) is 15.7. The van der Waals surface area contributed by atoms with Crippen molar-refractivity contribution < 1.29 is 27.5 Å². The first-order valence-electron chi connectivity index (χ1n) is 7.92. The van der Waals surface area contributed by atoms with Gasteiger partial charge in [-0.3, -0.25) is 9.59 Å². The van der Waals surface area contributed by atoms with Crippen LogP contribution in [0.15, 0.2) is 29.6 Å². The molecule has 2 heterocycles. The molecule has 1 fully saturated rings. The molecule has 0 aliphatic carbocycles. The maximum absolute atomic E-state index is 12.6. The summed E-state index contributed by atoms with van der Waals surface area (Å²) < 4.78 is 41.5. The number of para-hydroxylation sites is 1. The van der Waals surface area contributed by atoms with Crippen LogP contribution in [0.5, 0.6) is 5.75 Å². The van der Waals surface area contributed by atoms with Crippen molar-refractivity contribution in [3.63, 3.8) is 0 Å². The van der Waals surface area contributed by atoms with E-state index < -0.39 is 18.0 Å². The van der Waals surface area contributed by atoms with Crippen molar-refractivity contribution in [3.05, 3.63) is 45.9 Å². The summed E-state index contributed by atoms with van der Waals surface area (Å²) in [5.74, 6) is -0.849. The van der Waals surface area contributed by atoms with Crippen molar-refractivity contribution in [1.29, 1.82) is 0 Å². The molecule has 0 spiro atoms. The first kappa shape index (κ1) is 18.4. The van der Waals surface area contributed by atoms with Crippen molar-refractivity contribution >= 4 is 23.5 Å². The topological polar surface area (TPSA) is 59.5 Å². The number of hydrogen-bond acceptors (Lipinski definition) is 5. The van der Waals surface area contributed by atoms with Crippen molar-refractivity contribution in [2.45, 2.75) is 25.1 Å². The van der Waals surface area contributed by atoms with Gasteiger partial charge in [0, 0.05) is 24.4 Å². The lowest BCUT2D eigenvalue weighted by Gasteiger charge is -2.31. The van der Waals surface area contributed by atoms with Gasteiger partial charge >= 0.3 is 6.36 Å². The zero-order valence-corrected chi connectivity index (χ0v) is 14.3. The number of benzene rings is 1. The molecule has 1 aliphatic heterocycles. The zero-order chi connectivity index (χ0) is 18.7. The number of amides is 1. The second-order valence-electron chi connectivity index (χ2n) is 5.84. The number of likely N-dealkylation sites (tertiary alicyclic amines) is 1. The van der Waals surface area contributed by atoms with Gasteiger partial charge in [0.15, 0.2) is 6.29 Å². The van der Waals surface area contributed by atoms with Crippen LogP contribution in [0, 0.1) is 0 Å². The molecule has 1 aliphatic rings. The number of thiazole rings is 1. The van der Waals surface area contributed by atoms with E-state index in [2.05, 4.69) is 9.72 Å². The minimum absolute atomic E-state index is 0.110. The van der Waals surface area contributed by atoms with E-state index in [-0.39, 0.29) is 11.5 Å². The van der Waals surface area contributed by atoms with Crippen molar-refractivity contribution in [1.82, 2.24) is 9.88 Å². The van der Waals surface area contributed by atoms with Gasteiger partial charge in [-0.15, -0.1) is 24.5 Å². The van der Waals surface area contributed by atoms with Gasteiger partial charge in [0.05, 0.1) is 10.6 Å². The molecule has 0 saturated carbocycles. The Kier molecular flexibility index (Phi) is 5.26. The SMILES string of the molecule is O=Cc1csc(C2CCN(C(=O)c3ccccc3OC(F)(F)F)CC2)n1. The predicted octanol–water partition coefficient (Wildman–Crippen LogP) is 3.87. The number of alkyl halides is 3. The zero-order valence-electron chi connectivity index (χ0n) is 13.5. The third-order valence-electron chi connectivity index (χ3n) is 4.14. The van der Waals surface area contributed by atoms with Crippen LogP contribution in [-0.2, 0) is 0 Å². The number of nitrogens with zero attached hydrogens (tertiary/aromatic N) is 2. The van der Waals surface area contributed by atoms with E-state index >= 15 is 0 Å². The van der Waals surface area contributed by atoms with Gasteiger partial charge in [-0.05, 0) is 25.0 Å². The highest BCUT2D eigenvalue weighted by molar-refractivity contribution is 7.09. The van der Waals surface area contributed by atoms with Crippen LogP contribution in [0.3, 0.4) is 0 Å². The van der Waals surface area contributed by atoms with Crippen LogP contribution in [-0.4, -0.2) is 41.5 Å².